The Balaban J connectivity index is 2.90. The first kappa shape index (κ1) is 17.2. The van der Waals surface area contributed by atoms with Crippen molar-refractivity contribution in [2.75, 3.05) is 13.2 Å². The number of ether oxygens (including phenoxy) is 1. The molecule has 0 spiro atoms. The minimum Gasteiger partial charge on any atom is -0.481 e. The third-order valence-electron chi connectivity index (χ3n) is 2.75. The predicted molar refractivity (Wildman–Crippen MR) is 81.1 cm³/mol. The number of amides is 1. The molecule has 1 rings (SSSR count). The molecule has 0 aliphatic heterocycles. The lowest BCUT2D eigenvalue weighted by molar-refractivity contribution is -0.139. The van der Waals surface area contributed by atoms with Gasteiger partial charge in [-0.15, -0.1) is 0 Å². The summed E-state index contributed by atoms with van der Waals surface area (Å²) in [5.74, 6) is -1.25. The number of rotatable bonds is 8. The molecule has 0 aliphatic carbocycles. The second kappa shape index (κ2) is 9.19. The summed E-state index contributed by atoms with van der Waals surface area (Å²) in [6.07, 6.45) is 3.17. The number of carboxylic acid groups (broad SMARTS) is 1. The lowest BCUT2D eigenvalue weighted by Gasteiger charge is -2.07. The smallest absolute Gasteiger partial charge is 0.341 e. The Kier molecular flexibility index (Phi) is 7.20. The highest BCUT2D eigenvalue weighted by Crippen LogP contribution is 2.21. The molecule has 6 nitrogen and oxygen atoms in total. The number of carboxylic acids is 1. The maximum Gasteiger partial charge on any atom is 0.341 e. The van der Waals surface area contributed by atoms with Gasteiger partial charge in [0.25, 0.3) is 5.91 Å². The van der Waals surface area contributed by atoms with Gasteiger partial charge in [0.05, 0.1) is 0 Å². The van der Waals surface area contributed by atoms with E-state index in [1.54, 1.807) is 24.3 Å². The van der Waals surface area contributed by atoms with Gasteiger partial charge in [-0.1, -0.05) is 31.5 Å². The first-order chi connectivity index (χ1) is 10.6. The fourth-order valence-corrected chi connectivity index (χ4v) is 1.65. The average Bonchev–Trinajstić information content (AvgIpc) is 2.51. The number of para-hydroxylation sites is 1. The highest BCUT2D eigenvalue weighted by atomic mass is 16.5. The quantitative estimate of drug-likeness (QED) is 0.434. The summed E-state index contributed by atoms with van der Waals surface area (Å²) in [5.41, 5.74) is 0.424. The summed E-state index contributed by atoms with van der Waals surface area (Å²) in [5, 5.41) is 20.4. The molecule has 0 saturated heterocycles. The predicted octanol–water partition coefficient (Wildman–Crippen LogP) is 1.97. The van der Waals surface area contributed by atoms with E-state index in [2.05, 4.69) is 5.32 Å². The summed E-state index contributed by atoms with van der Waals surface area (Å²) in [6.45, 7) is 2.02. The standard InChI is InChI=1S/C16H18N2O4/c1-2-3-8-18-16(21)13(10-17)9-12-6-4-5-7-14(12)22-11-15(19)20/h4-7,9H,2-3,8,11H2,1H3,(H,18,21)(H,19,20)/b13-9+. The van der Waals surface area contributed by atoms with Crippen molar-refractivity contribution in [3.63, 3.8) is 0 Å². The lowest BCUT2D eigenvalue weighted by Crippen LogP contribution is -2.25. The zero-order chi connectivity index (χ0) is 16.4. The molecule has 2 N–H and O–H groups in total. The number of nitrogens with zero attached hydrogens (tertiary/aromatic N) is 1. The SMILES string of the molecule is CCCCNC(=O)/C(C#N)=C/c1ccccc1OCC(=O)O. The topological polar surface area (TPSA) is 99.4 Å². The summed E-state index contributed by atoms with van der Waals surface area (Å²) >= 11 is 0. The molecule has 0 atom stereocenters. The molecule has 0 aromatic heterocycles. The molecular weight excluding hydrogens is 284 g/mol. The zero-order valence-electron chi connectivity index (χ0n) is 12.3. The first-order valence-corrected chi connectivity index (χ1v) is 6.92. The molecule has 1 aromatic rings. The summed E-state index contributed by atoms with van der Waals surface area (Å²) in [6, 6.07) is 8.47. The third kappa shape index (κ3) is 5.67. The molecule has 0 unspecified atom stereocenters. The van der Waals surface area contributed by atoms with Gasteiger partial charge < -0.3 is 15.2 Å². The van der Waals surface area contributed by atoms with Crippen molar-refractivity contribution in [3.05, 3.63) is 35.4 Å². The lowest BCUT2D eigenvalue weighted by atomic mass is 10.1. The number of nitriles is 1. The number of carbonyl (C=O) groups excluding carboxylic acids is 1. The minimum atomic E-state index is -1.10. The Hall–Kier alpha value is -2.81. The molecular formula is C16H18N2O4. The van der Waals surface area contributed by atoms with Crippen LogP contribution in [0.15, 0.2) is 29.8 Å². The molecule has 6 heteroatoms. The van der Waals surface area contributed by atoms with Crippen LogP contribution in [0.1, 0.15) is 25.3 Å². The van der Waals surface area contributed by atoms with Gasteiger partial charge in [-0.05, 0) is 18.6 Å². The summed E-state index contributed by atoms with van der Waals surface area (Å²) < 4.78 is 5.14. The second-order valence-electron chi connectivity index (χ2n) is 4.50. The van der Waals surface area contributed by atoms with Gasteiger partial charge in [-0.3, -0.25) is 4.79 Å². The molecule has 0 heterocycles. The van der Waals surface area contributed by atoms with Crippen LogP contribution in [0.3, 0.4) is 0 Å². The fourth-order valence-electron chi connectivity index (χ4n) is 1.65. The van der Waals surface area contributed by atoms with Crippen LogP contribution in [-0.4, -0.2) is 30.1 Å². The van der Waals surface area contributed by atoms with Gasteiger partial charge in [-0.2, -0.15) is 5.26 Å². The van der Waals surface area contributed by atoms with E-state index >= 15 is 0 Å². The van der Waals surface area contributed by atoms with Gasteiger partial charge in [0.2, 0.25) is 0 Å². The van der Waals surface area contributed by atoms with Crippen LogP contribution in [0, 0.1) is 11.3 Å². The number of unbranched alkanes of at least 4 members (excludes halogenated alkanes) is 1. The Morgan fingerprint density at radius 2 is 2.14 bits per heavy atom. The number of benzene rings is 1. The number of nitrogens with one attached hydrogen (secondary N) is 1. The van der Waals surface area contributed by atoms with Crippen LogP contribution < -0.4 is 10.1 Å². The van der Waals surface area contributed by atoms with Crippen LogP contribution >= 0.6 is 0 Å². The molecule has 1 aromatic carbocycles. The molecule has 0 saturated carbocycles. The second-order valence-corrected chi connectivity index (χ2v) is 4.50. The Labute approximate surface area is 129 Å². The van der Waals surface area contributed by atoms with Crippen LogP contribution in [0.4, 0.5) is 0 Å². The Bertz CT molecular complexity index is 602. The first-order valence-electron chi connectivity index (χ1n) is 6.92. The van der Waals surface area contributed by atoms with E-state index in [0.29, 0.717) is 17.9 Å². The maximum atomic E-state index is 11.9. The average molecular weight is 302 g/mol. The number of carbonyl (C=O) groups is 2. The van der Waals surface area contributed by atoms with Crippen molar-refractivity contribution in [1.29, 1.82) is 5.26 Å². The van der Waals surface area contributed by atoms with Crippen molar-refractivity contribution >= 4 is 18.0 Å². The highest BCUT2D eigenvalue weighted by molar-refractivity contribution is 6.01. The van der Waals surface area contributed by atoms with Crippen molar-refractivity contribution in [2.45, 2.75) is 19.8 Å². The maximum absolute atomic E-state index is 11.9. The fraction of sp³-hybridized carbons (Fsp3) is 0.312. The molecule has 22 heavy (non-hydrogen) atoms. The Morgan fingerprint density at radius 1 is 1.41 bits per heavy atom. The third-order valence-corrected chi connectivity index (χ3v) is 2.75. The largest absolute Gasteiger partial charge is 0.481 e. The summed E-state index contributed by atoms with van der Waals surface area (Å²) in [4.78, 5) is 22.5. The number of hydrogen-bond donors (Lipinski definition) is 2. The van der Waals surface area contributed by atoms with Gasteiger partial charge >= 0.3 is 5.97 Å². The van der Waals surface area contributed by atoms with Crippen LogP contribution in [0.2, 0.25) is 0 Å². The minimum absolute atomic E-state index is 0.0533. The van der Waals surface area contributed by atoms with Crippen LogP contribution in [0.5, 0.6) is 5.75 Å². The van der Waals surface area contributed by atoms with E-state index in [4.69, 9.17) is 15.1 Å². The number of hydrogen-bond acceptors (Lipinski definition) is 4. The summed E-state index contributed by atoms with van der Waals surface area (Å²) in [7, 11) is 0. The van der Waals surface area contributed by atoms with E-state index in [-0.39, 0.29) is 5.57 Å². The molecule has 1 amide bonds. The molecule has 0 bridgehead atoms. The van der Waals surface area contributed by atoms with Gasteiger partial charge in [0, 0.05) is 12.1 Å². The molecule has 0 aliphatic rings. The molecule has 0 radical (unpaired) electrons. The Morgan fingerprint density at radius 3 is 2.77 bits per heavy atom. The monoisotopic (exact) mass is 302 g/mol. The molecule has 116 valence electrons. The van der Waals surface area contributed by atoms with Crippen molar-refractivity contribution < 1.29 is 19.4 Å². The zero-order valence-corrected chi connectivity index (χ0v) is 12.3. The normalized spacial score (nSPS) is 10.6. The molecule has 0 fully saturated rings. The van der Waals surface area contributed by atoms with E-state index in [0.717, 1.165) is 12.8 Å². The van der Waals surface area contributed by atoms with E-state index in [9.17, 15) is 9.59 Å². The number of aliphatic carboxylic acids is 1. The van der Waals surface area contributed by atoms with E-state index in [1.165, 1.54) is 6.08 Å². The highest BCUT2D eigenvalue weighted by Gasteiger charge is 2.10. The van der Waals surface area contributed by atoms with Crippen molar-refractivity contribution in [3.8, 4) is 11.8 Å². The van der Waals surface area contributed by atoms with Crippen LogP contribution in [-0.2, 0) is 9.59 Å². The van der Waals surface area contributed by atoms with Crippen LogP contribution in [0.25, 0.3) is 6.08 Å². The van der Waals surface area contributed by atoms with Gasteiger partial charge in [0.15, 0.2) is 6.61 Å². The van der Waals surface area contributed by atoms with Gasteiger partial charge in [0.1, 0.15) is 17.4 Å². The van der Waals surface area contributed by atoms with Gasteiger partial charge in [-0.25, -0.2) is 4.79 Å². The van der Waals surface area contributed by atoms with Crippen molar-refractivity contribution in [2.24, 2.45) is 0 Å². The van der Waals surface area contributed by atoms with E-state index in [1.807, 2.05) is 13.0 Å². The van der Waals surface area contributed by atoms with E-state index < -0.39 is 18.5 Å². The van der Waals surface area contributed by atoms with Crippen molar-refractivity contribution in [1.82, 2.24) is 5.32 Å².